The lowest BCUT2D eigenvalue weighted by Gasteiger charge is -2.27. The number of carboxylic acid groups (broad SMARTS) is 1. The van der Waals surface area contributed by atoms with E-state index >= 15 is 0 Å². The third-order valence-corrected chi connectivity index (χ3v) is 4.59. The van der Waals surface area contributed by atoms with E-state index < -0.39 is 17.9 Å². The van der Waals surface area contributed by atoms with E-state index in [1.807, 2.05) is 0 Å². The Balaban J connectivity index is 1.85. The highest BCUT2D eigenvalue weighted by Gasteiger charge is 2.38. The van der Waals surface area contributed by atoms with E-state index in [1.54, 1.807) is 11.9 Å². The van der Waals surface area contributed by atoms with E-state index in [0.29, 0.717) is 13.1 Å². The molecule has 2 aliphatic heterocycles. The fourth-order valence-electron chi connectivity index (χ4n) is 2.38. The van der Waals surface area contributed by atoms with Gasteiger partial charge in [-0.2, -0.15) is 0 Å². The molecule has 2 atom stereocenters. The van der Waals surface area contributed by atoms with Crippen LogP contribution in [0.25, 0.3) is 0 Å². The number of nitrogens with zero attached hydrogens (tertiary/aromatic N) is 2. The van der Waals surface area contributed by atoms with Crippen LogP contribution in [0.15, 0.2) is 0 Å². The average molecular weight is 302 g/mol. The predicted molar refractivity (Wildman–Crippen MR) is 72.5 cm³/mol. The summed E-state index contributed by atoms with van der Waals surface area (Å²) in [5.74, 6) is -1.01. The van der Waals surface area contributed by atoms with Gasteiger partial charge in [0.05, 0.1) is 19.3 Å². The predicted octanol–water partition coefficient (Wildman–Crippen LogP) is 0.103. The van der Waals surface area contributed by atoms with E-state index in [1.165, 1.54) is 16.7 Å². The molecule has 0 spiro atoms. The third kappa shape index (κ3) is 3.24. The summed E-state index contributed by atoms with van der Waals surface area (Å²) in [5, 5.41) is 9.09. The van der Waals surface area contributed by atoms with Crippen LogP contribution < -0.4 is 0 Å². The van der Waals surface area contributed by atoms with Crippen LogP contribution in [0.2, 0.25) is 0 Å². The summed E-state index contributed by atoms with van der Waals surface area (Å²) in [5.41, 5.74) is 0. The number of carbonyl (C=O) groups excluding carboxylic acids is 2. The first-order valence-electron chi connectivity index (χ1n) is 6.48. The first kappa shape index (κ1) is 15.1. The first-order chi connectivity index (χ1) is 9.50. The molecule has 0 aromatic rings. The van der Waals surface area contributed by atoms with E-state index in [4.69, 9.17) is 9.84 Å². The Morgan fingerprint density at radius 1 is 1.50 bits per heavy atom. The molecular weight excluding hydrogens is 284 g/mol. The Morgan fingerprint density at radius 2 is 2.25 bits per heavy atom. The first-order valence-corrected chi connectivity index (χ1v) is 7.47. The standard InChI is InChI=1S/C12H18N2O5S/c1-13(9-7-19-6-8(9)11(16)17)10(15)2-3-14-4-5-20-12(14)18/h8-9H,2-7H2,1H3,(H,16,17). The maximum Gasteiger partial charge on any atom is 0.311 e. The molecule has 0 bridgehead atoms. The zero-order chi connectivity index (χ0) is 14.7. The van der Waals surface area contributed by atoms with Gasteiger partial charge in [0, 0.05) is 32.3 Å². The minimum Gasteiger partial charge on any atom is -0.481 e. The van der Waals surface area contributed by atoms with Crippen molar-refractivity contribution < 1.29 is 24.2 Å². The molecule has 112 valence electrons. The maximum absolute atomic E-state index is 12.1. The molecule has 2 heterocycles. The van der Waals surface area contributed by atoms with Gasteiger partial charge in [-0.05, 0) is 0 Å². The normalized spacial score (nSPS) is 26.1. The minimum atomic E-state index is -0.946. The van der Waals surface area contributed by atoms with Crippen molar-refractivity contribution in [3.63, 3.8) is 0 Å². The molecule has 7 nitrogen and oxygen atoms in total. The van der Waals surface area contributed by atoms with Gasteiger partial charge in [-0.3, -0.25) is 14.4 Å². The molecule has 20 heavy (non-hydrogen) atoms. The number of carbonyl (C=O) groups is 3. The monoisotopic (exact) mass is 302 g/mol. The molecule has 0 saturated carbocycles. The zero-order valence-electron chi connectivity index (χ0n) is 11.3. The molecule has 2 saturated heterocycles. The molecule has 8 heteroatoms. The molecule has 2 amide bonds. The lowest BCUT2D eigenvalue weighted by Crippen LogP contribution is -2.45. The van der Waals surface area contributed by atoms with Crippen molar-refractivity contribution in [3.05, 3.63) is 0 Å². The van der Waals surface area contributed by atoms with Crippen LogP contribution in [-0.4, -0.2) is 77.2 Å². The highest BCUT2D eigenvalue weighted by Crippen LogP contribution is 2.21. The van der Waals surface area contributed by atoms with Crippen molar-refractivity contribution in [3.8, 4) is 0 Å². The van der Waals surface area contributed by atoms with Gasteiger partial charge in [-0.15, -0.1) is 0 Å². The Morgan fingerprint density at radius 3 is 2.85 bits per heavy atom. The highest BCUT2D eigenvalue weighted by molar-refractivity contribution is 8.13. The maximum atomic E-state index is 12.1. The lowest BCUT2D eigenvalue weighted by atomic mass is 10.0. The van der Waals surface area contributed by atoms with E-state index in [0.717, 1.165) is 5.75 Å². The van der Waals surface area contributed by atoms with Crippen molar-refractivity contribution >= 4 is 28.9 Å². The summed E-state index contributed by atoms with van der Waals surface area (Å²) in [7, 11) is 1.60. The second kappa shape index (κ2) is 6.45. The van der Waals surface area contributed by atoms with E-state index in [2.05, 4.69) is 0 Å². The summed E-state index contributed by atoms with van der Waals surface area (Å²) >= 11 is 1.26. The second-order valence-corrected chi connectivity index (χ2v) is 5.95. The quantitative estimate of drug-likeness (QED) is 0.775. The smallest absolute Gasteiger partial charge is 0.311 e. The summed E-state index contributed by atoms with van der Waals surface area (Å²) in [4.78, 5) is 37.7. The molecule has 0 aliphatic carbocycles. The molecule has 2 rings (SSSR count). The van der Waals surface area contributed by atoms with Gasteiger partial charge >= 0.3 is 5.97 Å². The summed E-state index contributed by atoms with van der Waals surface area (Å²) in [6.07, 6.45) is 0.214. The molecule has 0 aromatic heterocycles. The van der Waals surface area contributed by atoms with Gasteiger partial charge in [0.1, 0.15) is 5.92 Å². The van der Waals surface area contributed by atoms with Gasteiger partial charge < -0.3 is 19.6 Å². The van der Waals surface area contributed by atoms with E-state index in [9.17, 15) is 14.4 Å². The van der Waals surface area contributed by atoms with Gasteiger partial charge in [0.25, 0.3) is 5.24 Å². The molecule has 2 aliphatic rings. The number of aliphatic carboxylic acids is 1. The second-order valence-electron chi connectivity index (χ2n) is 4.91. The Kier molecular flexibility index (Phi) is 4.87. The van der Waals surface area contributed by atoms with Crippen LogP contribution in [0.4, 0.5) is 4.79 Å². The Labute approximate surface area is 121 Å². The van der Waals surface area contributed by atoms with Gasteiger partial charge in [-0.25, -0.2) is 0 Å². The average Bonchev–Trinajstić information content (AvgIpc) is 3.03. The number of amides is 2. The Hall–Kier alpha value is -1.28. The lowest BCUT2D eigenvalue weighted by molar-refractivity contribution is -0.144. The van der Waals surface area contributed by atoms with Gasteiger partial charge in [0.2, 0.25) is 5.91 Å². The number of thioether (sulfide) groups is 1. The number of hydrogen-bond acceptors (Lipinski definition) is 5. The van der Waals surface area contributed by atoms with Crippen molar-refractivity contribution in [2.45, 2.75) is 12.5 Å². The summed E-state index contributed by atoms with van der Waals surface area (Å²) in [6, 6.07) is -0.427. The SMILES string of the molecule is CN(C(=O)CCN1CCSC1=O)C1COCC1C(=O)O. The van der Waals surface area contributed by atoms with Gasteiger partial charge in [0.15, 0.2) is 0 Å². The molecule has 0 radical (unpaired) electrons. The Bertz CT molecular complexity index is 417. The summed E-state index contributed by atoms with van der Waals surface area (Å²) < 4.78 is 5.15. The fraction of sp³-hybridized carbons (Fsp3) is 0.750. The van der Waals surface area contributed by atoms with Crippen molar-refractivity contribution in [2.24, 2.45) is 5.92 Å². The van der Waals surface area contributed by atoms with Crippen molar-refractivity contribution in [2.75, 3.05) is 39.1 Å². The van der Waals surface area contributed by atoms with Crippen molar-refractivity contribution in [1.82, 2.24) is 9.80 Å². The van der Waals surface area contributed by atoms with Crippen LogP contribution in [-0.2, 0) is 14.3 Å². The van der Waals surface area contributed by atoms with E-state index in [-0.39, 0.29) is 30.8 Å². The summed E-state index contributed by atoms with van der Waals surface area (Å²) in [6.45, 7) is 1.45. The number of rotatable bonds is 5. The fourth-order valence-corrected chi connectivity index (χ4v) is 3.23. The largest absolute Gasteiger partial charge is 0.481 e. The third-order valence-electron chi connectivity index (χ3n) is 3.70. The minimum absolute atomic E-state index is 0.00747. The molecule has 0 aromatic carbocycles. The van der Waals surface area contributed by atoms with Crippen LogP contribution in [0.3, 0.4) is 0 Å². The number of carboxylic acids is 1. The highest BCUT2D eigenvalue weighted by atomic mass is 32.2. The van der Waals surface area contributed by atoms with Crippen LogP contribution in [0, 0.1) is 5.92 Å². The zero-order valence-corrected chi connectivity index (χ0v) is 12.1. The number of ether oxygens (including phenoxy) is 1. The van der Waals surface area contributed by atoms with Crippen LogP contribution in [0.5, 0.6) is 0 Å². The van der Waals surface area contributed by atoms with Crippen molar-refractivity contribution in [1.29, 1.82) is 0 Å². The van der Waals surface area contributed by atoms with Crippen LogP contribution >= 0.6 is 11.8 Å². The number of hydrogen-bond donors (Lipinski definition) is 1. The molecule has 1 N–H and O–H groups in total. The number of likely N-dealkylation sites (N-methyl/N-ethyl adjacent to an activating group) is 1. The van der Waals surface area contributed by atoms with Gasteiger partial charge in [-0.1, -0.05) is 11.8 Å². The topological polar surface area (TPSA) is 87.2 Å². The molecular formula is C12H18N2O5S. The van der Waals surface area contributed by atoms with Crippen LogP contribution in [0.1, 0.15) is 6.42 Å². The molecule has 2 fully saturated rings. The molecule has 2 unspecified atom stereocenters.